The zero-order valence-electron chi connectivity index (χ0n) is 10.6. The maximum atomic E-state index is 11.9. The second kappa shape index (κ2) is 6.87. The molecule has 0 spiro atoms. The summed E-state index contributed by atoms with van der Waals surface area (Å²) in [5.74, 6) is -1.08. The molecule has 0 aliphatic carbocycles. The Kier molecular flexibility index (Phi) is 5.70. The van der Waals surface area contributed by atoms with E-state index in [4.69, 9.17) is 5.11 Å². The number of carboxylic acid groups (broad SMARTS) is 1. The molecule has 1 aromatic rings. The van der Waals surface area contributed by atoms with E-state index in [9.17, 15) is 26.4 Å². The van der Waals surface area contributed by atoms with E-state index >= 15 is 0 Å². The number of carboxylic acids is 1. The van der Waals surface area contributed by atoms with Crippen molar-refractivity contribution in [3.63, 3.8) is 0 Å². The lowest BCUT2D eigenvalue weighted by molar-refractivity contribution is -0.121. The highest BCUT2D eigenvalue weighted by Gasteiger charge is 2.29. The molecule has 21 heavy (non-hydrogen) atoms. The first kappa shape index (κ1) is 17.4. The summed E-state index contributed by atoms with van der Waals surface area (Å²) in [4.78, 5) is 10.6. The first-order chi connectivity index (χ1) is 9.59. The van der Waals surface area contributed by atoms with Crippen LogP contribution in [0.3, 0.4) is 0 Å². The maximum Gasteiger partial charge on any atom is 0.402 e. The van der Waals surface area contributed by atoms with Gasteiger partial charge >= 0.3 is 12.1 Å². The van der Waals surface area contributed by atoms with Crippen LogP contribution in [0.15, 0.2) is 24.3 Å². The van der Waals surface area contributed by atoms with Crippen molar-refractivity contribution in [2.24, 2.45) is 0 Å². The fourth-order valence-corrected chi connectivity index (χ4v) is 2.20. The third-order valence-electron chi connectivity index (χ3n) is 2.37. The van der Waals surface area contributed by atoms with E-state index in [1.54, 1.807) is 0 Å². The average Bonchev–Trinajstić information content (AvgIpc) is 2.36. The second-order valence-electron chi connectivity index (χ2n) is 4.09. The van der Waals surface area contributed by atoms with Crippen molar-refractivity contribution >= 4 is 16.2 Å². The molecule has 0 amide bonds. The highest BCUT2D eigenvalue weighted by atomic mass is 32.2. The van der Waals surface area contributed by atoms with Crippen LogP contribution in [0.4, 0.5) is 13.2 Å². The predicted octanol–water partition coefficient (Wildman–Crippen LogP) is 0.914. The molecule has 0 unspecified atom stereocenters. The predicted molar refractivity (Wildman–Crippen MR) is 68.1 cm³/mol. The highest BCUT2D eigenvalue weighted by molar-refractivity contribution is 7.87. The van der Waals surface area contributed by atoms with Crippen LogP contribution in [0.2, 0.25) is 0 Å². The number of aromatic carboxylic acids is 1. The van der Waals surface area contributed by atoms with Gasteiger partial charge in [-0.2, -0.15) is 26.3 Å². The van der Waals surface area contributed by atoms with Crippen molar-refractivity contribution in [2.75, 3.05) is 13.1 Å². The molecule has 0 aromatic heterocycles. The second-order valence-corrected chi connectivity index (χ2v) is 5.67. The Morgan fingerprint density at radius 3 is 2.19 bits per heavy atom. The van der Waals surface area contributed by atoms with Crippen molar-refractivity contribution in [3.05, 3.63) is 35.4 Å². The van der Waals surface area contributed by atoms with E-state index in [0.29, 0.717) is 5.56 Å². The summed E-state index contributed by atoms with van der Waals surface area (Å²) < 4.78 is 61.4. The van der Waals surface area contributed by atoms with Gasteiger partial charge in [-0.3, -0.25) is 0 Å². The molecule has 1 aromatic carbocycles. The molecule has 3 N–H and O–H groups in total. The van der Waals surface area contributed by atoms with Crippen molar-refractivity contribution in [2.45, 2.75) is 12.6 Å². The van der Waals surface area contributed by atoms with Crippen molar-refractivity contribution < 1.29 is 31.5 Å². The zero-order valence-corrected chi connectivity index (χ0v) is 11.5. The minimum Gasteiger partial charge on any atom is -0.478 e. The molecular weight excluding hydrogens is 313 g/mol. The van der Waals surface area contributed by atoms with E-state index in [1.165, 1.54) is 29.0 Å². The monoisotopic (exact) mass is 326 g/mol. The number of nitrogens with one attached hydrogen (secondary N) is 2. The van der Waals surface area contributed by atoms with Gasteiger partial charge in [0.1, 0.15) is 6.54 Å². The maximum absolute atomic E-state index is 11.9. The Hall–Kier alpha value is -1.65. The molecule has 0 bridgehead atoms. The summed E-state index contributed by atoms with van der Waals surface area (Å²) in [5.41, 5.74) is 0.740. The molecular formula is C11H13F3N2O4S. The third-order valence-corrected chi connectivity index (χ3v) is 3.48. The van der Waals surface area contributed by atoms with Crippen LogP contribution in [0.1, 0.15) is 15.9 Å². The van der Waals surface area contributed by atoms with Crippen molar-refractivity contribution in [3.8, 4) is 0 Å². The molecule has 6 nitrogen and oxygen atoms in total. The van der Waals surface area contributed by atoms with Gasteiger partial charge in [0, 0.05) is 6.54 Å². The lowest BCUT2D eigenvalue weighted by atomic mass is 10.1. The molecule has 0 fully saturated rings. The number of halogens is 3. The number of alkyl halides is 3. The molecule has 0 saturated carbocycles. The number of hydrogen-bond donors (Lipinski definition) is 3. The van der Waals surface area contributed by atoms with Crippen LogP contribution in [0, 0.1) is 0 Å². The molecule has 0 aliphatic rings. The minimum absolute atomic E-state index is 0.0891. The standard InChI is InChI=1S/C11H13F3N2O4S/c12-11(13,14)7-16-21(19,20)15-6-5-8-1-3-9(4-2-8)10(17)18/h1-4,15-16H,5-7H2,(H,17,18). The van der Waals surface area contributed by atoms with E-state index in [1.807, 2.05) is 4.72 Å². The number of benzene rings is 1. The zero-order chi connectivity index (χ0) is 16.1. The van der Waals surface area contributed by atoms with Gasteiger partial charge in [0.2, 0.25) is 0 Å². The summed E-state index contributed by atoms with van der Waals surface area (Å²) in [5, 5.41) is 8.69. The molecule has 0 heterocycles. The summed E-state index contributed by atoms with van der Waals surface area (Å²) >= 11 is 0. The summed E-state index contributed by atoms with van der Waals surface area (Å²) in [6.07, 6.45) is -4.41. The van der Waals surface area contributed by atoms with Crippen molar-refractivity contribution in [1.29, 1.82) is 0 Å². The van der Waals surface area contributed by atoms with Gasteiger partial charge in [-0.05, 0) is 24.1 Å². The fraction of sp³-hybridized carbons (Fsp3) is 0.364. The minimum atomic E-state index is -4.62. The number of hydrogen-bond acceptors (Lipinski definition) is 3. The van der Waals surface area contributed by atoms with E-state index in [-0.39, 0.29) is 18.5 Å². The Balaban J connectivity index is 2.44. The van der Waals surface area contributed by atoms with Crippen LogP contribution in [0.25, 0.3) is 0 Å². The van der Waals surface area contributed by atoms with Gasteiger partial charge in [0.05, 0.1) is 5.56 Å². The summed E-state index contributed by atoms with van der Waals surface area (Å²) in [6, 6.07) is 5.71. The molecule has 0 saturated heterocycles. The lowest BCUT2D eigenvalue weighted by Gasteiger charge is -2.10. The lowest BCUT2D eigenvalue weighted by Crippen LogP contribution is -2.42. The Morgan fingerprint density at radius 2 is 1.71 bits per heavy atom. The van der Waals surface area contributed by atoms with Crippen LogP contribution >= 0.6 is 0 Å². The molecule has 1 rings (SSSR count). The van der Waals surface area contributed by atoms with E-state index in [2.05, 4.69) is 0 Å². The number of carbonyl (C=O) groups is 1. The molecule has 10 heteroatoms. The molecule has 0 aliphatic heterocycles. The fourth-order valence-electron chi connectivity index (χ4n) is 1.37. The Labute approximate surface area is 119 Å². The first-order valence-electron chi connectivity index (χ1n) is 5.72. The normalized spacial score (nSPS) is 12.3. The van der Waals surface area contributed by atoms with Crippen molar-refractivity contribution in [1.82, 2.24) is 9.44 Å². The van der Waals surface area contributed by atoms with Gasteiger partial charge < -0.3 is 5.11 Å². The number of rotatable bonds is 7. The van der Waals surface area contributed by atoms with E-state index in [0.717, 1.165) is 0 Å². The largest absolute Gasteiger partial charge is 0.478 e. The molecule has 118 valence electrons. The molecule has 0 atom stereocenters. The van der Waals surface area contributed by atoms with Crippen LogP contribution in [-0.2, 0) is 16.6 Å². The quantitative estimate of drug-likeness (QED) is 0.694. The van der Waals surface area contributed by atoms with Crippen LogP contribution in [0.5, 0.6) is 0 Å². The van der Waals surface area contributed by atoms with Gasteiger partial charge in [-0.25, -0.2) is 9.52 Å². The summed E-state index contributed by atoms with van der Waals surface area (Å²) in [7, 11) is -4.22. The van der Waals surface area contributed by atoms with E-state index < -0.39 is 28.9 Å². The Morgan fingerprint density at radius 1 is 1.14 bits per heavy atom. The smallest absolute Gasteiger partial charge is 0.402 e. The average molecular weight is 326 g/mol. The van der Waals surface area contributed by atoms with Gasteiger partial charge in [0.25, 0.3) is 10.2 Å². The molecule has 0 radical (unpaired) electrons. The highest BCUT2D eigenvalue weighted by Crippen LogP contribution is 2.12. The van der Waals surface area contributed by atoms with Crippen LogP contribution < -0.4 is 9.44 Å². The topological polar surface area (TPSA) is 95.5 Å². The SMILES string of the molecule is O=C(O)c1ccc(CCNS(=O)(=O)NCC(F)(F)F)cc1. The Bertz CT molecular complexity index is 584. The van der Waals surface area contributed by atoms with Gasteiger partial charge in [0.15, 0.2) is 0 Å². The van der Waals surface area contributed by atoms with Crippen LogP contribution in [-0.4, -0.2) is 38.8 Å². The summed E-state index contributed by atoms with van der Waals surface area (Å²) in [6.45, 7) is -1.75. The van der Waals surface area contributed by atoms with Gasteiger partial charge in [-0.1, -0.05) is 12.1 Å². The third kappa shape index (κ3) is 7.06. The van der Waals surface area contributed by atoms with Gasteiger partial charge in [-0.15, -0.1) is 0 Å². The first-order valence-corrected chi connectivity index (χ1v) is 7.21.